The number of rotatable bonds is 0. The minimum atomic E-state index is -0.638. The molecule has 64 valence electrons. The molecule has 0 atom stereocenters. The molecule has 0 unspecified atom stereocenters. The highest BCUT2D eigenvalue weighted by Crippen LogP contribution is 2.31. The molecule has 1 aliphatic carbocycles. The Hall–Kier alpha value is 0.370. The van der Waals surface area contributed by atoms with Gasteiger partial charge in [0.25, 0.3) is 0 Å². The number of hydrogen-bond donors (Lipinski definition) is 2. The Morgan fingerprint density at radius 3 is 2.45 bits per heavy atom. The molecule has 1 aliphatic rings. The molecule has 1 fully saturated rings. The van der Waals surface area contributed by atoms with E-state index in [0.29, 0.717) is 6.42 Å². The van der Waals surface area contributed by atoms with Crippen LogP contribution in [0.5, 0.6) is 0 Å². The first-order valence-electron chi connectivity index (χ1n) is 4.11. The largest absolute Gasteiger partial charge is 0.297 e. The molecule has 0 amide bonds. The van der Waals surface area contributed by atoms with Gasteiger partial charge in [-0.2, -0.15) is 25.3 Å². The lowest BCUT2D eigenvalue weighted by Gasteiger charge is -2.23. The monoisotopic (exact) mass is 190 g/mol. The van der Waals surface area contributed by atoms with Crippen LogP contribution < -0.4 is 0 Å². The van der Waals surface area contributed by atoms with Gasteiger partial charge in [0.05, 0.1) is 0 Å². The summed E-state index contributed by atoms with van der Waals surface area (Å²) in [5.41, 5.74) is 0. The normalized spacial score (nSPS) is 25.8. The zero-order valence-electron chi connectivity index (χ0n) is 6.55. The second-order valence-electron chi connectivity index (χ2n) is 3.15. The second-order valence-corrected chi connectivity index (χ2v) is 5.03. The van der Waals surface area contributed by atoms with Crippen LogP contribution in [0.4, 0.5) is 0 Å². The Kier molecular flexibility index (Phi) is 3.31. The van der Waals surface area contributed by atoms with Gasteiger partial charge in [0.1, 0.15) is 4.08 Å². The topological polar surface area (TPSA) is 17.1 Å². The van der Waals surface area contributed by atoms with Gasteiger partial charge >= 0.3 is 0 Å². The molecule has 3 heteroatoms. The van der Waals surface area contributed by atoms with Gasteiger partial charge in [-0.1, -0.05) is 19.3 Å². The van der Waals surface area contributed by atoms with E-state index in [4.69, 9.17) is 0 Å². The van der Waals surface area contributed by atoms with Gasteiger partial charge in [0.2, 0.25) is 0 Å². The van der Waals surface area contributed by atoms with Gasteiger partial charge in [-0.25, -0.2) is 0 Å². The standard InChI is InChI=1S/C8H14OS2/c9-7-5-3-1-2-4-6-8(7,10)11/h10-11H,1-6H2. The van der Waals surface area contributed by atoms with E-state index in [2.05, 4.69) is 25.3 Å². The van der Waals surface area contributed by atoms with Crippen molar-refractivity contribution in [2.45, 2.75) is 42.6 Å². The number of thiol groups is 2. The van der Waals surface area contributed by atoms with Crippen molar-refractivity contribution in [2.24, 2.45) is 0 Å². The molecule has 0 aromatic rings. The molecule has 0 radical (unpaired) electrons. The van der Waals surface area contributed by atoms with Crippen molar-refractivity contribution in [1.82, 2.24) is 0 Å². The van der Waals surface area contributed by atoms with Crippen LogP contribution in [0.25, 0.3) is 0 Å². The highest BCUT2D eigenvalue weighted by Gasteiger charge is 2.29. The zero-order chi connectivity index (χ0) is 8.32. The molecular formula is C8H14OS2. The smallest absolute Gasteiger partial charge is 0.158 e. The lowest BCUT2D eigenvalue weighted by Crippen LogP contribution is -2.27. The van der Waals surface area contributed by atoms with Crippen LogP contribution in [0.1, 0.15) is 38.5 Å². The van der Waals surface area contributed by atoms with Crippen LogP contribution in [0, 0.1) is 0 Å². The number of Topliss-reactive ketones (excluding diaryl/α,β-unsaturated/α-hetero) is 1. The van der Waals surface area contributed by atoms with Crippen molar-refractivity contribution in [3.05, 3.63) is 0 Å². The van der Waals surface area contributed by atoms with Crippen LogP contribution in [0.15, 0.2) is 0 Å². The number of hydrogen-bond acceptors (Lipinski definition) is 3. The summed E-state index contributed by atoms with van der Waals surface area (Å²) in [6.45, 7) is 0. The van der Waals surface area contributed by atoms with E-state index in [-0.39, 0.29) is 5.78 Å². The molecule has 0 saturated heterocycles. The molecular weight excluding hydrogens is 176 g/mol. The Morgan fingerprint density at radius 2 is 1.73 bits per heavy atom. The van der Waals surface area contributed by atoms with Crippen molar-refractivity contribution < 1.29 is 4.79 Å². The lowest BCUT2D eigenvalue weighted by atomic mass is 9.99. The molecule has 0 aliphatic heterocycles. The Bertz CT molecular complexity index is 154. The molecule has 1 nitrogen and oxygen atoms in total. The summed E-state index contributed by atoms with van der Waals surface area (Å²) >= 11 is 8.49. The summed E-state index contributed by atoms with van der Waals surface area (Å²) in [7, 11) is 0. The minimum absolute atomic E-state index is 0.198. The molecule has 0 N–H and O–H groups in total. The Morgan fingerprint density at radius 1 is 1.09 bits per heavy atom. The van der Waals surface area contributed by atoms with Crippen LogP contribution in [-0.4, -0.2) is 9.86 Å². The van der Waals surface area contributed by atoms with E-state index < -0.39 is 4.08 Å². The fraction of sp³-hybridized carbons (Fsp3) is 0.875. The van der Waals surface area contributed by atoms with Gasteiger partial charge in [-0.15, -0.1) is 0 Å². The maximum atomic E-state index is 11.3. The van der Waals surface area contributed by atoms with Crippen molar-refractivity contribution in [3.63, 3.8) is 0 Å². The third-order valence-electron chi connectivity index (χ3n) is 2.13. The van der Waals surface area contributed by atoms with Crippen molar-refractivity contribution >= 4 is 31.0 Å². The quantitative estimate of drug-likeness (QED) is 0.443. The molecule has 0 bridgehead atoms. The molecule has 0 heterocycles. The Balaban J connectivity index is 2.54. The molecule has 0 aromatic carbocycles. The molecule has 11 heavy (non-hydrogen) atoms. The van der Waals surface area contributed by atoms with Crippen LogP contribution in [-0.2, 0) is 4.79 Å². The van der Waals surface area contributed by atoms with E-state index >= 15 is 0 Å². The third kappa shape index (κ3) is 2.71. The number of ketones is 1. The lowest BCUT2D eigenvalue weighted by molar-refractivity contribution is -0.119. The van der Waals surface area contributed by atoms with Crippen LogP contribution in [0.2, 0.25) is 0 Å². The van der Waals surface area contributed by atoms with Gasteiger partial charge in [-0.05, 0) is 12.8 Å². The van der Waals surface area contributed by atoms with E-state index in [9.17, 15) is 4.79 Å². The van der Waals surface area contributed by atoms with E-state index in [0.717, 1.165) is 19.3 Å². The molecule has 0 aromatic heterocycles. The van der Waals surface area contributed by atoms with Crippen LogP contribution in [0.3, 0.4) is 0 Å². The minimum Gasteiger partial charge on any atom is -0.297 e. The third-order valence-corrected chi connectivity index (χ3v) is 3.07. The predicted octanol–water partition coefficient (Wildman–Crippen LogP) is 2.47. The van der Waals surface area contributed by atoms with Crippen molar-refractivity contribution in [2.75, 3.05) is 0 Å². The molecule has 0 spiro atoms. The van der Waals surface area contributed by atoms with Crippen LogP contribution >= 0.6 is 25.3 Å². The number of carbonyl (C=O) groups is 1. The van der Waals surface area contributed by atoms with Gasteiger partial charge in [0.15, 0.2) is 5.78 Å². The second kappa shape index (κ2) is 3.85. The average molecular weight is 190 g/mol. The molecule has 1 rings (SSSR count). The van der Waals surface area contributed by atoms with Gasteiger partial charge < -0.3 is 0 Å². The highest BCUT2D eigenvalue weighted by atomic mass is 32.2. The maximum absolute atomic E-state index is 11.3. The predicted molar refractivity (Wildman–Crippen MR) is 53.4 cm³/mol. The van der Waals surface area contributed by atoms with Crippen molar-refractivity contribution in [3.8, 4) is 0 Å². The molecule has 1 saturated carbocycles. The fourth-order valence-electron chi connectivity index (χ4n) is 1.35. The summed E-state index contributed by atoms with van der Waals surface area (Å²) in [6, 6.07) is 0. The Labute approximate surface area is 78.8 Å². The number of carbonyl (C=O) groups excluding carboxylic acids is 1. The average Bonchev–Trinajstić information content (AvgIpc) is 1.93. The maximum Gasteiger partial charge on any atom is 0.158 e. The van der Waals surface area contributed by atoms with Gasteiger partial charge in [-0.3, -0.25) is 4.79 Å². The van der Waals surface area contributed by atoms with Crippen molar-refractivity contribution in [1.29, 1.82) is 0 Å². The van der Waals surface area contributed by atoms with Gasteiger partial charge in [0, 0.05) is 6.42 Å². The summed E-state index contributed by atoms with van der Waals surface area (Å²) < 4.78 is -0.638. The van der Waals surface area contributed by atoms with E-state index in [1.54, 1.807) is 0 Å². The summed E-state index contributed by atoms with van der Waals surface area (Å²) in [5.74, 6) is 0.198. The summed E-state index contributed by atoms with van der Waals surface area (Å²) in [6.07, 6.45) is 5.98. The zero-order valence-corrected chi connectivity index (χ0v) is 8.33. The first-order valence-corrected chi connectivity index (χ1v) is 5.00. The van der Waals surface area contributed by atoms with E-state index in [1.807, 2.05) is 0 Å². The first-order chi connectivity index (χ1) is 5.13. The SMILES string of the molecule is O=C1CCCCCCC1(S)S. The summed E-state index contributed by atoms with van der Waals surface area (Å²) in [4.78, 5) is 11.3. The first kappa shape index (κ1) is 9.46. The highest BCUT2D eigenvalue weighted by molar-refractivity contribution is 8.02. The van der Waals surface area contributed by atoms with E-state index in [1.165, 1.54) is 12.8 Å². The fourth-order valence-corrected chi connectivity index (χ4v) is 1.89. The summed E-state index contributed by atoms with van der Waals surface area (Å²) in [5, 5.41) is 0.